The molecule has 1 rings (SSSR count). The molecule has 17 heavy (non-hydrogen) atoms. The minimum absolute atomic E-state index is 0.0560. The number of hydrogen-bond acceptors (Lipinski definition) is 5. The Hall–Kier alpha value is -0.980. The molecule has 0 aromatic heterocycles. The quantitative estimate of drug-likeness (QED) is 0.574. The minimum Gasteiger partial charge on any atom is -0.481 e. The van der Waals surface area contributed by atoms with Crippen LogP contribution in [0.15, 0.2) is 0 Å². The number of carboxylic acid groups (broad SMARTS) is 1. The smallest absolute Gasteiger partial charge is 0.304 e. The maximum Gasteiger partial charge on any atom is 0.304 e. The van der Waals surface area contributed by atoms with E-state index in [0.717, 1.165) is 0 Å². The molecule has 6 nitrogen and oxygen atoms in total. The predicted molar refractivity (Wildman–Crippen MR) is 59.2 cm³/mol. The van der Waals surface area contributed by atoms with Gasteiger partial charge in [-0.15, -0.1) is 0 Å². The van der Waals surface area contributed by atoms with Crippen LogP contribution in [0.5, 0.6) is 0 Å². The zero-order valence-corrected chi connectivity index (χ0v) is 10.2. The predicted octanol–water partition coefficient (Wildman–Crippen LogP) is -0.562. The fourth-order valence-corrected chi connectivity index (χ4v) is 2.65. The molecule has 0 amide bonds. The van der Waals surface area contributed by atoms with Gasteiger partial charge in [0.15, 0.2) is 12.1 Å². The molecule has 0 aliphatic carbocycles. The number of carboxylic acids is 1. The van der Waals surface area contributed by atoms with Gasteiger partial charge in [0, 0.05) is 6.04 Å². The third-order valence-electron chi connectivity index (χ3n) is 3.28. The van der Waals surface area contributed by atoms with Crippen molar-refractivity contribution in [2.45, 2.75) is 51.6 Å². The first-order chi connectivity index (χ1) is 7.77. The number of rotatable bonds is 4. The summed E-state index contributed by atoms with van der Waals surface area (Å²) in [7, 11) is 0. The second kappa shape index (κ2) is 5.12. The molecule has 3 N–H and O–H groups in total. The van der Waals surface area contributed by atoms with Gasteiger partial charge in [-0.25, -0.2) is 0 Å². The summed E-state index contributed by atoms with van der Waals surface area (Å²) in [5.41, 5.74) is 0. The summed E-state index contributed by atoms with van der Waals surface area (Å²) in [4.78, 5) is 24.3. The fraction of sp³-hybridized carbons (Fsp3) is 0.818. The van der Waals surface area contributed by atoms with Gasteiger partial charge >= 0.3 is 5.97 Å². The first kappa shape index (κ1) is 14.1. The standard InChI is InChI=1S/C11H19NO5/c1-5(2)12-6(3)10(15)7(4-8(13)14)9(12)11(16)17/h5-7,9,11,16-17H,4H2,1-3H3,(H,13,14). The normalized spacial score (nSPS) is 30.5. The lowest BCUT2D eigenvalue weighted by Crippen LogP contribution is -2.48. The second-order valence-electron chi connectivity index (χ2n) is 4.73. The Bertz CT molecular complexity index is 315. The zero-order chi connectivity index (χ0) is 13.3. The van der Waals surface area contributed by atoms with Crippen molar-refractivity contribution in [1.29, 1.82) is 0 Å². The fourth-order valence-electron chi connectivity index (χ4n) is 2.65. The lowest BCUT2D eigenvalue weighted by atomic mass is 9.94. The van der Waals surface area contributed by atoms with Gasteiger partial charge in [-0.05, 0) is 20.8 Å². The molecule has 0 saturated carbocycles. The number of ketones is 1. The van der Waals surface area contributed by atoms with Crippen LogP contribution in [0.25, 0.3) is 0 Å². The summed E-state index contributed by atoms with van der Waals surface area (Å²) in [6, 6.07) is -1.38. The average Bonchev–Trinajstić information content (AvgIpc) is 2.41. The molecule has 1 aliphatic heterocycles. The van der Waals surface area contributed by atoms with Gasteiger partial charge in [0.05, 0.1) is 24.4 Å². The SMILES string of the molecule is CC(C)N1C(C)C(=O)C(CC(=O)O)C1C(O)O. The highest BCUT2D eigenvalue weighted by molar-refractivity contribution is 5.91. The van der Waals surface area contributed by atoms with E-state index in [1.54, 1.807) is 11.8 Å². The van der Waals surface area contributed by atoms with Crippen LogP contribution in [-0.4, -0.2) is 56.4 Å². The molecule has 1 heterocycles. The van der Waals surface area contributed by atoms with Crippen LogP contribution in [0, 0.1) is 5.92 Å². The molecule has 0 aromatic carbocycles. The largest absolute Gasteiger partial charge is 0.481 e. The number of carbonyl (C=O) groups is 2. The molecule has 0 aromatic rings. The molecular formula is C11H19NO5. The molecule has 0 spiro atoms. The third kappa shape index (κ3) is 2.65. The van der Waals surface area contributed by atoms with Crippen molar-refractivity contribution in [3.63, 3.8) is 0 Å². The molecule has 1 saturated heterocycles. The Labute approximate surface area is 99.8 Å². The number of aliphatic hydroxyl groups excluding tert-OH is 1. The summed E-state index contributed by atoms with van der Waals surface area (Å²) in [5, 5.41) is 27.5. The van der Waals surface area contributed by atoms with Crippen molar-refractivity contribution in [3.05, 3.63) is 0 Å². The lowest BCUT2D eigenvalue weighted by molar-refractivity contribution is -0.143. The van der Waals surface area contributed by atoms with E-state index in [0.29, 0.717) is 0 Å². The Morgan fingerprint density at radius 3 is 2.29 bits per heavy atom. The second-order valence-corrected chi connectivity index (χ2v) is 4.73. The Balaban J connectivity index is 3.03. The van der Waals surface area contributed by atoms with Gasteiger partial charge in [-0.3, -0.25) is 14.5 Å². The van der Waals surface area contributed by atoms with E-state index >= 15 is 0 Å². The van der Waals surface area contributed by atoms with Crippen molar-refractivity contribution in [1.82, 2.24) is 4.90 Å². The molecule has 3 atom stereocenters. The van der Waals surface area contributed by atoms with E-state index in [2.05, 4.69) is 0 Å². The summed E-state index contributed by atoms with van der Waals surface area (Å²) in [6.45, 7) is 5.34. The summed E-state index contributed by atoms with van der Waals surface area (Å²) >= 11 is 0. The first-order valence-corrected chi connectivity index (χ1v) is 5.66. The van der Waals surface area contributed by atoms with Crippen LogP contribution in [-0.2, 0) is 9.59 Å². The van der Waals surface area contributed by atoms with E-state index in [4.69, 9.17) is 5.11 Å². The van der Waals surface area contributed by atoms with Crippen LogP contribution in [0.1, 0.15) is 27.2 Å². The Morgan fingerprint density at radius 1 is 1.41 bits per heavy atom. The molecule has 1 aliphatic rings. The van der Waals surface area contributed by atoms with E-state index < -0.39 is 30.3 Å². The van der Waals surface area contributed by atoms with Gasteiger partial charge in [0.25, 0.3) is 0 Å². The Morgan fingerprint density at radius 2 is 1.94 bits per heavy atom. The highest BCUT2D eigenvalue weighted by atomic mass is 16.5. The van der Waals surface area contributed by atoms with Gasteiger partial charge in [0.2, 0.25) is 0 Å². The number of likely N-dealkylation sites (tertiary alicyclic amines) is 1. The highest BCUT2D eigenvalue weighted by Crippen LogP contribution is 2.32. The molecular weight excluding hydrogens is 226 g/mol. The Kier molecular flexibility index (Phi) is 4.24. The zero-order valence-electron chi connectivity index (χ0n) is 10.2. The van der Waals surface area contributed by atoms with Crippen LogP contribution in [0.2, 0.25) is 0 Å². The number of carbonyl (C=O) groups excluding carboxylic acids is 1. The van der Waals surface area contributed by atoms with Crippen molar-refractivity contribution in [2.75, 3.05) is 0 Å². The third-order valence-corrected chi connectivity index (χ3v) is 3.28. The minimum atomic E-state index is -1.71. The van der Waals surface area contributed by atoms with Crippen LogP contribution >= 0.6 is 0 Å². The number of aliphatic hydroxyl groups is 2. The van der Waals surface area contributed by atoms with Crippen LogP contribution in [0.4, 0.5) is 0 Å². The van der Waals surface area contributed by atoms with E-state index in [9.17, 15) is 19.8 Å². The van der Waals surface area contributed by atoms with Crippen molar-refractivity contribution in [2.24, 2.45) is 5.92 Å². The van der Waals surface area contributed by atoms with Gasteiger partial charge in [-0.2, -0.15) is 0 Å². The van der Waals surface area contributed by atoms with Crippen LogP contribution < -0.4 is 0 Å². The van der Waals surface area contributed by atoms with E-state index in [1.165, 1.54) is 0 Å². The van der Waals surface area contributed by atoms with Crippen molar-refractivity contribution >= 4 is 11.8 Å². The van der Waals surface area contributed by atoms with E-state index in [1.807, 2.05) is 13.8 Å². The molecule has 0 radical (unpaired) electrons. The molecule has 1 fully saturated rings. The molecule has 6 heteroatoms. The lowest BCUT2D eigenvalue weighted by Gasteiger charge is -2.33. The number of nitrogens with zero attached hydrogens (tertiary/aromatic N) is 1. The average molecular weight is 245 g/mol. The molecule has 3 unspecified atom stereocenters. The highest BCUT2D eigenvalue weighted by Gasteiger charge is 2.50. The molecule has 0 bridgehead atoms. The summed E-state index contributed by atoms with van der Waals surface area (Å²) in [5.74, 6) is -2.20. The van der Waals surface area contributed by atoms with Gasteiger partial charge in [0.1, 0.15) is 0 Å². The summed E-state index contributed by atoms with van der Waals surface area (Å²) < 4.78 is 0. The maximum atomic E-state index is 11.9. The van der Waals surface area contributed by atoms with Crippen molar-refractivity contribution < 1.29 is 24.9 Å². The molecule has 98 valence electrons. The van der Waals surface area contributed by atoms with E-state index in [-0.39, 0.29) is 18.2 Å². The van der Waals surface area contributed by atoms with Gasteiger partial charge in [-0.1, -0.05) is 0 Å². The van der Waals surface area contributed by atoms with Gasteiger partial charge < -0.3 is 15.3 Å². The van der Waals surface area contributed by atoms with Crippen LogP contribution in [0.3, 0.4) is 0 Å². The topological polar surface area (TPSA) is 98.1 Å². The van der Waals surface area contributed by atoms with Crippen molar-refractivity contribution in [3.8, 4) is 0 Å². The maximum absolute atomic E-state index is 11.9. The first-order valence-electron chi connectivity index (χ1n) is 5.66. The number of hydrogen-bond donors (Lipinski definition) is 3. The summed E-state index contributed by atoms with van der Waals surface area (Å²) in [6.07, 6.45) is -2.08. The number of Topliss-reactive ketones (excluding diaryl/α,β-unsaturated/α-hetero) is 1. The monoisotopic (exact) mass is 245 g/mol. The number of aliphatic carboxylic acids is 1.